The van der Waals surface area contributed by atoms with Crippen LogP contribution < -0.4 is 10.2 Å². The molecule has 1 rings (SSSR count). The van der Waals surface area contributed by atoms with E-state index in [-0.39, 0.29) is 19.3 Å². The van der Waals surface area contributed by atoms with Gasteiger partial charge in [-0.05, 0) is 6.92 Å². The molecule has 0 aromatic carbocycles. The summed E-state index contributed by atoms with van der Waals surface area (Å²) in [6.45, 7) is 2.47. The molecule has 1 aromatic rings. The Morgan fingerprint density at radius 1 is 1.38 bits per heavy atom. The molecule has 3 N–H and O–H groups in total. The first-order chi connectivity index (χ1) is 7.58. The van der Waals surface area contributed by atoms with Crippen LogP contribution in [0, 0.1) is 6.92 Å². The Morgan fingerprint density at radius 3 is 2.44 bits per heavy atom. The zero-order valence-corrected chi connectivity index (χ0v) is 10.7. The second-order valence-corrected chi connectivity index (χ2v) is 4.90. The third-order valence-electron chi connectivity index (χ3n) is 2.26. The van der Waals surface area contributed by atoms with Crippen LogP contribution in [-0.2, 0) is 6.54 Å². The number of rotatable bonds is 6. The summed E-state index contributed by atoms with van der Waals surface area (Å²) in [5.74, 6) is 0. The molecule has 0 radical (unpaired) electrons. The van der Waals surface area contributed by atoms with Crippen LogP contribution in [0.2, 0.25) is 0 Å². The smallest absolute Gasteiger partial charge is 0.185 e. The van der Waals surface area contributed by atoms with Crippen molar-refractivity contribution in [3.8, 4) is 0 Å². The van der Waals surface area contributed by atoms with Crippen molar-refractivity contribution in [1.29, 1.82) is 0 Å². The zero-order valence-electron chi connectivity index (χ0n) is 9.90. The molecule has 1 aromatic heterocycles. The third-order valence-corrected chi connectivity index (χ3v) is 3.58. The summed E-state index contributed by atoms with van der Waals surface area (Å²) in [4.78, 5) is 7.52. The van der Waals surface area contributed by atoms with Crippen LogP contribution in [0.3, 0.4) is 0 Å². The minimum absolute atomic E-state index is 0.0606. The van der Waals surface area contributed by atoms with Crippen molar-refractivity contribution in [2.24, 2.45) is 0 Å². The highest BCUT2D eigenvalue weighted by molar-refractivity contribution is 7.15. The van der Waals surface area contributed by atoms with Crippen LogP contribution in [0.15, 0.2) is 0 Å². The molecule has 0 aliphatic rings. The van der Waals surface area contributed by atoms with Gasteiger partial charge in [-0.3, -0.25) is 0 Å². The number of aliphatic hydroxyl groups excluding tert-OH is 2. The Kier molecular flexibility index (Phi) is 5.14. The Labute approximate surface area is 99.7 Å². The highest BCUT2D eigenvalue weighted by Crippen LogP contribution is 2.24. The zero-order chi connectivity index (χ0) is 12.1. The molecule has 0 atom stereocenters. The molecule has 1 heterocycles. The Balaban J connectivity index is 2.60. The Bertz CT molecular complexity index is 324. The number of hydrogen-bond acceptors (Lipinski definition) is 6. The van der Waals surface area contributed by atoms with Gasteiger partial charge in [0.2, 0.25) is 0 Å². The molecule has 0 amide bonds. The molecular weight excluding hydrogens is 226 g/mol. The molecule has 0 saturated carbocycles. The van der Waals surface area contributed by atoms with Gasteiger partial charge in [-0.15, -0.1) is 11.3 Å². The predicted octanol–water partition coefficient (Wildman–Crippen LogP) is -0.0397. The lowest BCUT2D eigenvalue weighted by atomic mass is 10.3. The fourth-order valence-corrected chi connectivity index (χ4v) is 2.13. The van der Waals surface area contributed by atoms with Gasteiger partial charge in [0.1, 0.15) is 0 Å². The van der Waals surface area contributed by atoms with Crippen LogP contribution in [0.25, 0.3) is 0 Å². The third kappa shape index (κ3) is 3.41. The topological polar surface area (TPSA) is 68.6 Å². The first-order valence-corrected chi connectivity index (χ1v) is 5.98. The number of aromatic nitrogens is 1. The van der Waals surface area contributed by atoms with Crippen molar-refractivity contribution in [2.45, 2.75) is 19.5 Å². The number of nitrogens with one attached hydrogen (secondary N) is 1. The lowest BCUT2D eigenvalue weighted by molar-refractivity contribution is 0.170. The van der Waals surface area contributed by atoms with E-state index in [2.05, 4.69) is 10.3 Å². The molecule has 0 aliphatic heterocycles. The number of anilines is 1. The number of aryl methyl sites for hydroxylation is 1. The molecule has 92 valence electrons. The molecule has 0 spiro atoms. The lowest BCUT2D eigenvalue weighted by Gasteiger charge is -2.12. The van der Waals surface area contributed by atoms with Gasteiger partial charge in [0.25, 0.3) is 0 Å². The number of hydrogen-bond donors (Lipinski definition) is 3. The van der Waals surface area contributed by atoms with Gasteiger partial charge in [0.05, 0.1) is 24.9 Å². The van der Waals surface area contributed by atoms with Crippen molar-refractivity contribution >= 4 is 16.5 Å². The van der Waals surface area contributed by atoms with E-state index in [9.17, 15) is 0 Å². The second-order valence-electron chi connectivity index (χ2n) is 3.84. The van der Waals surface area contributed by atoms with Gasteiger partial charge < -0.3 is 20.4 Å². The maximum Gasteiger partial charge on any atom is 0.185 e. The molecule has 0 fully saturated rings. The van der Waals surface area contributed by atoms with E-state index in [0.29, 0.717) is 6.54 Å². The van der Waals surface area contributed by atoms with Crippen LogP contribution in [-0.4, -0.2) is 48.5 Å². The Hall–Kier alpha value is -0.690. The highest BCUT2D eigenvalue weighted by atomic mass is 32.1. The normalized spacial score (nSPS) is 11.1. The van der Waals surface area contributed by atoms with Crippen molar-refractivity contribution < 1.29 is 10.2 Å². The van der Waals surface area contributed by atoms with Crippen molar-refractivity contribution in [3.63, 3.8) is 0 Å². The minimum Gasteiger partial charge on any atom is -0.395 e. The first kappa shape index (κ1) is 13.4. The molecule has 0 unspecified atom stereocenters. The quantitative estimate of drug-likeness (QED) is 0.656. The molecule has 16 heavy (non-hydrogen) atoms. The van der Waals surface area contributed by atoms with Gasteiger partial charge >= 0.3 is 0 Å². The summed E-state index contributed by atoms with van der Waals surface area (Å²) in [5, 5.41) is 21.9. The first-order valence-electron chi connectivity index (χ1n) is 5.17. The molecule has 5 nitrogen and oxygen atoms in total. The van der Waals surface area contributed by atoms with E-state index in [4.69, 9.17) is 10.2 Å². The summed E-state index contributed by atoms with van der Waals surface area (Å²) >= 11 is 1.62. The summed E-state index contributed by atoms with van der Waals surface area (Å²) in [6.07, 6.45) is 0. The number of aliphatic hydroxyl groups is 2. The maximum absolute atomic E-state index is 8.92. The molecule has 6 heteroatoms. The summed E-state index contributed by atoms with van der Waals surface area (Å²) in [7, 11) is 3.92. The van der Waals surface area contributed by atoms with Crippen molar-refractivity contribution in [3.05, 3.63) is 10.6 Å². The van der Waals surface area contributed by atoms with E-state index in [0.717, 1.165) is 15.7 Å². The molecule has 0 saturated heterocycles. The summed E-state index contributed by atoms with van der Waals surface area (Å²) in [5.41, 5.74) is 0.996. The van der Waals surface area contributed by atoms with Crippen LogP contribution >= 0.6 is 11.3 Å². The minimum atomic E-state index is -0.260. The lowest BCUT2D eigenvalue weighted by Crippen LogP contribution is -2.35. The number of thiazole rings is 1. The van der Waals surface area contributed by atoms with Crippen LogP contribution in [0.5, 0.6) is 0 Å². The highest BCUT2D eigenvalue weighted by Gasteiger charge is 2.11. The van der Waals surface area contributed by atoms with E-state index < -0.39 is 0 Å². The van der Waals surface area contributed by atoms with Gasteiger partial charge in [-0.25, -0.2) is 4.98 Å². The van der Waals surface area contributed by atoms with Crippen molar-refractivity contribution in [1.82, 2.24) is 10.3 Å². The van der Waals surface area contributed by atoms with Gasteiger partial charge in [-0.2, -0.15) is 0 Å². The van der Waals surface area contributed by atoms with Gasteiger partial charge in [0, 0.05) is 25.5 Å². The van der Waals surface area contributed by atoms with Gasteiger partial charge in [0.15, 0.2) is 5.13 Å². The summed E-state index contributed by atoms with van der Waals surface area (Å²) in [6, 6.07) is -0.260. The van der Waals surface area contributed by atoms with Crippen LogP contribution in [0.4, 0.5) is 5.13 Å². The average Bonchev–Trinajstić information content (AvgIpc) is 2.62. The second kappa shape index (κ2) is 6.15. The monoisotopic (exact) mass is 245 g/mol. The standard InChI is InChI=1S/C10H19N3O2S/c1-7-9(4-11-8(5-14)6-15)16-10(12-7)13(2)3/h8,11,14-15H,4-6H2,1-3H3. The average molecular weight is 245 g/mol. The Morgan fingerprint density at radius 2 is 2.00 bits per heavy atom. The SMILES string of the molecule is Cc1nc(N(C)C)sc1CNC(CO)CO. The fourth-order valence-electron chi connectivity index (χ4n) is 1.19. The maximum atomic E-state index is 8.92. The molecule has 0 aliphatic carbocycles. The fraction of sp³-hybridized carbons (Fsp3) is 0.700. The van der Waals surface area contributed by atoms with Crippen LogP contribution in [0.1, 0.15) is 10.6 Å². The van der Waals surface area contributed by atoms with E-state index in [1.54, 1.807) is 11.3 Å². The van der Waals surface area contributed by atoms with Crippen molar-refractivity contribution in [2.75, 3.05) is 32.2 Å². The van der Waals surface area contributed by atoms with E-state index >= 15 is 0 Å². The van der Waals surface area contributed by atoms with Gasteiger partial charge in [-0.1, -0.05) is 0 Å². The summed E-state index contributed by atoms with van der Waals surface area (Å²) < 4.78 is 0. The largest absolute Gasteiger partial charge is 0.395 e. The molecule has 0 bridgehead atoms. The molecular formula is C10H19N3O2S. The number of nitrogens with zero attached hydrogens (tertiary/aromatic N) is 2. The van der Waals surface area contributed by atoms with E-state index in [1.165, 1.54) is 0 Å². The predicted molar refractivity (Wildman–Crippen MR) is 66.0 cm³/mol. The van der Waals surface area contributed by atoms with E-state index in [1.807, 2.05) is 25.9 Å².